The Labute approximate surface area is 91.0 Å². The Bertz CT molecular complexity index is 328. The van der Waals surface area contributed by atoms with Gasteiger partial charge < -0.3 is 15.4 Å². The van der Waals surface area contributed by atoms with Gasteiger partial charge in [-0.15, -0.1) is 0 Å². The Hall–Kier alpha value is -0.770. The van der Waals surface area contributed by atoms with Crippen molar-refractivity contribution in [3.8, 4) is 0 Å². The zero-order chi connectivity index (χ0) is 14.2. The molecule has 0 saturated carbocycles. The van der Waals surface area contributed by atoms with E-state index in [0.717, 1.165) is 0 Å². The van der Waals surface area contributed by atoms with Gasteiger partial charge in [-0.25, -0.2) is 4.79 Å². The molecule has 0 radical (unpaired) electrons. The minimum atomic E-state index is -2.00. The molecular weight excluding hydrogens is 180 g/mol. The van der Waals surface area contributed by atoms with Crippen LogP contribution in [-0.2, 0) is 4.74 Å². The van der Waals surface area contributed by atoms with Crippen LogP contribution in [0.3, 0.4) is 0 Å². The first-order valence-electron chi connectivity index (χ1n) is 6.70. The lowest BCUT2D eigenvalue weighted by Crippen LogP contribution is -2.47. The van der Waals surface area contributed by atoms with Crippen LogP contribution in [0.15, 0.2) is 0 Å². The van der Waals surface area contributed by atoms with E-state index in [1.807, 2.05) is 0 Å². The number of carbonyl (C=O) groups is 1. The minimum Gasteiger partial charge on any atom is -0.444 e. The zero-order valence-corrected chi connectivity index (χ0v) is 8.81. The van der Waals surface area contributed by atoms with E-state index in [0.29, 0.717) is 0 Å². The molecule has 1 saturated heterocycles. The summed E-state index contributed by atoms with van der Waals surface area (Å²) in [6.45, 7) is 1.41. The topological polar surface area (TPSA) is 50.4 Å². The predicted molar refractivity (Wildman–Crippen MR) is 55.3 cm³/mol. The van der Waals surface area contributed by atoms with Crippen LogP contribution >= 0.6 is 0 Å². The lowest BCUT2D eigenvalue weighted by Gasteiger charge is -2.26. The fraction of sp³-hybridized carbons (Fsp3) is 0.900. The van der Waals surface area contributed by atoms with E-state index in [9.17, 15) is 4.79 Å². The molecule has 1 aliphatic heterocycles. The van der Waals surface area contributed by atoms with Crippen LogP contribution in [-0.4, -0.2) is 30.7 Å². The monoisotopic (exact) mass is 204 g/mol. The second kappa shape index (κ2) is 4.64. The quantitative estimate of drug-likeness (QED) is 0.676. The van der Waals surface area contributed by atoms with Gasteiger partial charge in [0, 0.05) is 18.0 Å². The van der Waals surface area contributed by atoms with Crippen molar-refractivity contribution in [1.29, 1.82) is 0 Å². The largest absolute Gasteiger partial charge is 0.444 e. The number of hydrogen-bond donors (Lipinski definition) is 2. The minimum absolute atomic E-state index is 0.132. The maximum atomic E-state index is 11.6. The first-order chi connectivity index (χ1) is 7.91. The van der Waals surface area contributed by atoms with Crippen molar-refractivity contribution >= 4 is 6.09 Å². The highest BCUT2D eigenvalue weighted by Gasteiger charge is 2.20. The van der Waals surface area contributed by atoms with Gasteiger partial charge in [0.25, 0.3) is 0 Å². The Morgan fingerprint density at radius 1 is 1.64 bits per heavy atom. The molecule has 1 fully saturated rings. The lowest BCUT2D eigenvalue weighted by molar-refractivity contribution is 0.0497. The number of carbonyl (C=O) groups excluding carboxylic acids is 1. The molecule has 0 aromatic heterocycles. The summed E-state index contributed by atoms with van der Waals surface area (Å²) >= 11 is 0. The van der Waals surface area contributed by atoms with Gasteiger partial charge in [0.05, 0.1) is 0 Å². The highest BCUT2D eigenvalue weighted by molar-refractivity contribution is 5.68. The number of nitrogens with one attached hydrogen (secondary N) is 2. The normalized spacial score (nSPS) is 34.4. The average molecular weight is 204 g/mol. The number of alkyl carbamates (subject to hydrolysis) is 1. The van der Waals surface area contributed by atoms with Crippen LogP contribution < -0.4 is 10.6 Å². The van der Waals surface area contributed by atoms with Crippen LogP contribution in [0.1, 0.15) is 39.1 Å². The summed E-state index contributed by atoms with van der Waals surface area (Å²) in [5.41, 5.74) is -0.645. The van der Waals surface area contributed by atoms with E-state index >= 15 is 0 Å². The fourth-order valence-electron chi connectivity index (χ4n) is 1.05. The second-order valence-electron chi connectivity index (χ2n) is 4.18. The summed E-state index contributed by atoms with van der Waals surface area (Å²) in [4.78, 5) is 11.6. The number of hydrogen-bond acceptors (Lipinski definition) is 3. The van der Waals surface area contributed by atoms with Gasteiger partial charge in [-0.1, -0.05) is 0 Å². The van der Waals surface area contributed by atoms with Gasteiger partial charge in [0.1, 0.15) is 5.60 Å². The van der Waals surface area contributed by atoms with Crippen molar-refractivity contribution < 1.29 is 15.0 Å². The van der Waals surface area contributed by atoms with E-state index in [2.05, 4.69) is 10.6 Å². The highest BCUT2D eigenvalue weighted by atomic mass is 16.6. The van der Waals surface area contributed by atoms with Crippen LogP contribution in [0.4, 0.5) is 4.79 Å². The summed E-state index contributed by atoms with van der Waals surface area (Å²) in [6, 6.07) is -0.809. The molecule has 0 spiro atoms. The van der Waals surface area contributed by atoms with E-state index in [1.165, 1.54) is 0 Å². The number of amides is 1. The van der Waals surface area contributed by atoms with E-state index in [-0.39, 0.29) is 12.8 Å². The molecule has 1 unspecified atom stereocenters. The molecule has 0 aliphatic carbocycles. The van der Waals surface area contributed by atoms with Gasteiger partial charge >= 0.3 is 6.09 Å². The lowest BCUT2D eigenvalue weighted by atomic mass is 10.1. The first-order valence-corrected chi connectivity index (χ1v) is 4.70. The summed E-state index contributed by atoms with van der Waals surface area (Å²) in [5.74, 6) is 0. The first kappa shape index (κ1) is 6.67. The molecule has 1 rings (SSSR count). The molecule has 4 nitrogen and oxygen atoms in total. The highest BCUT2D eigenvalue weighted by Crippen LogP contribution is 2.08. The summed E-state index contributed by atoms with van der Waals surface area (Å²) in [5, 5.41) is 4.68. The van der Waals surface area contributed by atoms with Crippen molar-refractivity contribution in [1.82, 2.24) is 10.6 Å². The van der Waals surface area contributed by atoms with Crippen LogP contribution in [0.2, 0.25) is 0 Å². The average Bonchev–Trinajstić information content (AvgIpc) is 2.04. The molecule has 1 heterocycles. The standard InChI is InChI=1S/C10H20N2O2/c1-10(2,3)14-9(13)12-8-5-4-6-11-7-8/h8,11H,4-7H2,1-3H3,(H,12,13)/i6D2,7D2. The Balaban J connectivity index is 2.60. The van der Waals surface area contributed by atoms with Crippen LogP contribution in [0, 0.1) is 0 Å². The Morgan fingerprint density at radius 3 is 2.93 bits per heavy atom. The SMILES string of the molecule is [2H]C1([2H])CCC(NC(=O)OC(C)(C)C)C([2H])([2H])N1. The predicted octanol–water partition coefficient (Wildman–Crippen LogP) is 1.26. The molecule has 1 aliphatic rings. The van der Waals surface area contributed by atoms with E-state index < -0.39 is 30.7 Å². The maximum Gasteiger partial charge on any atom is 0.407 e. The zero-order valence-electron chi connectivity index (χ0n) is 12.8. The molecule has 0 aromatic rings. The molecule has 14 heavy (non-hydrogen) atoms. The number of ether oxygens (including phenoxy) is 1. The third kappa shape index (κ3) is 4.46. The van der Waals surface area contributed by atoms with Gasteiger partial charge in [-0.05, 0) is 40.1 Å². The fourth-order valence-corrected chi connectivity index (χ4v) is 1.05. The van der Waals surface area contributed by atoms with Crippen molar-refractivity contribution in [2.45, 2.75) is 45.3 Å². The van der Waals surface area contributed by atoms with Crippen molar-refractivity contribution in [2.24, 2.45) is 0 Å². The summed E-state index contributed by atoms with van der Waals surface area (Å²) in [6.07, 6.45) is -0.347. The van der Waals surface area contributed by atoms with Gasteiger partial charge in [0.15, 0.2) is 0 Å². The molecule has 2 N–H and O–H groups in total. The van der Waals surface area contributed by atoms with Crippen LogP contribution in [0.5, 0.6) is 0 Å². The van der Waals surface area contributed by atoms with Crippen molar-refractivity contribution in [2.75, 3.05) is 13.0 Å². The molecular formula is C10H20N2O2. The smallest absolute Gasteiger partial charge is 0.407 e. The third-order valence-corrected chi connectivity index (χ3v) is 1.58. The molecule has 1 atom stereocenters. The second-order valence-corrected chi connectivity index (χ2v) is 4.18. The molecule has 82 valence electrons. The van der Waals surface area contributed by atoms with Gasteiger partial charge in [-0.3, -0.25) is 0 Å². The number of piperidine rings is 1. The van der Waals surface area contributed by atoms with Gasteiger partial charge in [0.2, 0.25) is 0 Å². The molecule has 0 aromatic carbocycles. The summed E-state index contributed by atoms with van der Waals surface area (Å²) < 4.78 is 35.4. The third-order valence-electron chi connectivity index (χ3n) is 1.58. The molecule has 1 amide bonds. The van der Waals surface area contributed by atoms with Crippen LogP contribution in [0.25, 0.3) is 0 Å². The van der Waals surface area contributed by atoms with Crippen molar-refractivity contribution in [3.05, 3.63) is 0 Å². The molecule has 4 heteroatoms. The van der Waals surface area contributed by atoms with E-state index in [1.54, 1.807) is 20.8 Å². The Kier molecular flexibility index (Phi) is 2.21. The Morgan fingerprint density at radius 2 is 2.36 bits per heavy atom. The molecule has 0 bridgehead atoms. The number of rotatable bonds is 1. The van der Waals surface area contributed by atoms with Gasteiger partial charge in [-0.2, -0.15) is 0 Å². The summed E-state index contributed by atoms with van der Waals surface area (Å²) in [7, 11) is 0. The van der Waals surface area contributed by atoms with Crippen molar-refractivity contribution in [3.63, 3.8) is 0 Å². The maximum absolute atomic E-state index is 11.6. The van der Waals surface area contributed by atoms with E-state index in [4.69, 9.17) is 10.2 Å².